The van der Waals surface area contributed by atoms with Gasteiger partial charge in [-0.15, -0.1) is 0 Å². The molecule has 0 aliphatic heterocycles. The van der Waals surface area contributed by atoms with Crippen molar-refractivity contribution in [1.29, 1.82) is 0 Å². The molecule has 0 aromatic rings. The first-order valence-corrected chi connectivity index (χ1v) is 4.38. The van der Waals surface area contributed by atoms with Crippen molar-refractivity contribution in [2.45, 2.75) is 20.3 Å². The quantitative estimate of drug-likeness (QED) is 0.518. The summed E-state index contributed by atoms with van der Waals surface area (Å²) >= 11 is 0. The average molecular weight is 168 g/mol. The highest BCUT2D eigenvalue weighted by Gasteiger charge is 2.10. The molecule has 1 N–H and O–H groups in total. The van der Waals surface area contributed by atoms with E-state index in [0.717, 1.165) is 6.42 Å². The molecule has 0 fully saturated rings. The van der Waals surface area contributed by atoms with Gasteiger partial charge >= 0.3 is 0 Å². The third kappa shape index (κ3) is 2.47. The van der Waals surface area contributed by atoms with Crippen LogP contribution in [0.5, 0.6) is 0 Å². The molecule has 0 spiro atoms. The Morgan fingerprint density at radius 2 is 2.42 bits per heavy atom. The van der Waals surface area contributed by atoms with Gasteiger partial charge in [-0.25, -0.2) is 4.89 Å². The van der Waals surface area contributed by atoms with Gasteiger partial charge in [-0.3, -0.25) is 5.26 Å². The fourth-order valence-electron chi connectivity index (χ4n) is 1.33. The van der Waals surface area contributed by atoms with Crippen LogP contribution in [0.4, 0.5) is 0 Å². The Morgan fingerprint density at radius 3 is 2.83 bits per heavy atom. The summed E-state index contributed by atoms with van der Waals surface area (Å²) < 4.78 is 0. The van der Waals surface area contributed by atoms with Crippen LogP contribution in [-0.2, 0) is 4.89 Å². The van der Waals surface area contributed by atoms with Crippen molar-refractivity contribution in [1.82, 2.24) is 0 Å². The van der Waals surface area contributed by atoms with Gasteiger partial charge in [0.05, 0.1) is 6.61 Å². The predicted molar refractivity (Wildman–Crippen MR) is 48.7 cm³/mol. The van der Waals surface area contributed by atoms with Crippen molar-refractivity contribution >= 4 is 0 Å². The van der Waals surface area contributed by atoms with Gasteiger partial charge in [-0.2, -0.15) is 0 Å². The topological polar surface area (TPSA) is 29.5 Å². The van der Waals surface area contributed by atoms with E-state index in [1.54, 1.807) is 0 Å². The zero-order valence-electron chi connectivity index (χ0n) is 7.66. The van der Waals surface area contributed by atoms with Crippen molar-refractivity contribution in [3.63, 3.8) is 0 Å². The highest BCUT2D eigenvalue weighted by Crippen LogP contribution is 2.21. The molecule has 1 aliphatic rings. The Labute approximate surface area is 73.5 Å². The zero-order valence-corrected chi connectivity index (χ0v) is 7.66. The SMILES string of the molecule is CC(C)C1=CCC(COO)C=C1. The maximum Gasteiger partial charge on any atom is 0.0885 e. The average Bonchev–Trinajstić information content (AvgIpc) is 2.06. The summed E-state index contributed by atoms with van der Waals surface area (Å²) in [5, 5.41) is 8.24. The van der Waals surface area contributed by atoms with E-state index in [1.165, 1.54) is 5.57 Å². The van der Waals surface area contributed by atoms with Gasteiger partial charge in [0.25, 0.3) is 0 Å². The Kier molecular flexibility index (Phi) is 3.50. The van der Waals surface area contributed by atoms with Crippen molar-refractivity contribution in [2.75, 3.05) is 6.61 Å². The molecular weight excluding hydrogens is 152 g/mol. The minimum Gasteiger partial charge on any atom is -0.252 e. The lowest BCUT2D eigenvalue weighted by Crippen LogP contribution is -2.08. The normalized spacial score (nSPS) is 23.0. The van der Waals surface area contributed by atoms with Crippen LogP contribution < -0.4 is 0 Å². The lowest BCUT2D eigenvalue weighted by molar-refractivity contribution is -0.248. The molecule has 1 atom stereocenters. The van der Waals surface area contributed by atoms with E-state index in [9.17, 15) is 0 Å². The Morgan fingerprint density at radius 1 is 1.67 bits per heavy atom. The molecule has 0 amide bonds. The van der Waals surface area contributed by atoms with Crippen LogP contribution in [-0.4, -0.2) is 11.9 Å². The molecule has 0 saturated heterocycles. The van der Waals surface area contributed by atoms with Crippen LogP contribution in [0.3, 0.4) is 0 Å². The van der Waals surface area contributed by atoms with Gasteiger partial charge in [0.2, 0.25) is 0 Å². The minimum atomic E-state index is 0.345. The lowest BCUT2D eigenvalue weighted by atomic mass is 9.92. The summed E-state index contributed by atoms with van der Waals surface area (Å²) in [5.41, 5.74) is 1.38. The van der Waals surface area contributed by atoms with Crippen molar-refractivity contribution in [2.24, 2.45) is 11.8 Å². The summed E-state index contributed by atoms with van der Waals surface area (Å²) in [4.78, 5) is 4.10. The molecule has 68 valence electrons. The first-order valence-electron chi connectivity index (χ1n) is 4.38. The van der Waals surface area contributed by atoms with Gasteiger partial charge in [0.15, 0.2) is 0 Å². The fraction of sp³-hybridized carbons (Fsp3) is 0.600. The van der Waals surface area contributed by atoms with Gasteiger partial charge in [0, 0.05) is 5.92 Å². The van der Waals surface area contributed by atoms with Crippen LogP contribution in [0.2, 0.25) is 0 Å². The maximum atomic E-state index is 8.24. The standard InChI is InChI=1S/C10H16O2/c1-8(2)10-5-3-9(4-6-10)7-12-11/h3,5-6,8-9,11H,4,7H2,1-2H3. The van der Waals surface area contributed by atoms with Gasteiger partial charge in [0.1, 0.15) is 0 Å². The summed E-state index contributed by atoms with van der Waals surface area (Å²) in [6.07, 6.45) is 7.42. The molecule has 1 rings (SSSR count). The minimum absolute atomic E-state index is 0.345. The second-order valence-electron chi connectivity index (χ2n) is 3.51. The number of rotatable bonds is 3. The smallest absolute Gasteiger partial charge is 0.0885 e. The molecule has 0 radical (unpaired) electrons. The zero-order chi connectivity index (χ0) is 8.97. The Hall–Kier alpha value is -0.600. The number of hydrogen-bond donors (Lipinski definition) is 1. The molecule has 0 aromatic heterocycles. The van der Waals surface area contributed by atoms with Gasteiger partial charge < -0.3 is 0 Å². The second-order valence-corrected chi connectivity index (χ2v) is 3.51. The largest absolute Gasteiger partial charge is 0.252 e. The van der Waals surface area contributed by atoms with E-state index in [0.29, 0.717) is 18.4 Å². The van der Waals surface area contributed by atoms with Crippen molar-refractivity contribution in [3.8, 4) is 0 Å². The van der Waals surface area contributed by atoms with Gasteiger partial charge in [-0.05, 0) is 17.9 Å². The molecule has 1 aliphatic carbocycles. The monoisotopic (exact) mass is 168 g/mol. The van der Waals surface area contributed by atoms with Crippen LogP contribution >= 0.6 is 0 Å². The van der Waals surface area contributed by atoms with Crippen LogP contribution in [0.1, 0.15) is 20.3 Å². The van der Waals surface area contributed by atoms with Crippen molar-refractivity contribution < 1.29 is 10.1 Å². The van der Waals surface area contributed by atoms with E-state index >= 15 is 0 Å². The summed E-state index contributed by atoms with van der Waals surface area (Å²) in [6, 6.07) is 0. The summed E-state index contributed by atoms with van der Waals surface area (Å²) in [5.74, 6) is 0.940. The molecule has 1 unspecified atom stereocenters. The van der Waals surface area contributed by atoms with E-state index in [2.05, 4.69) is 37.0 Å². The van der Waals surface area contributed by atoms with Crippen LogP contribution in [0.15, 0.2) is 23.8 Å². The van der Waals surface area contributed by atoms with Crippen molar-refractivity contribution in [3.05, 3.63) is 23.8 Å². The lowest BCUT2D eigenvalue weighted by Gasteiger charge is -2.16. The molecular formula is C10H16O2. The Balaban J connectivity index is 2.44. The van der Waals surface area contributed by atoms with E-state index in [-0.39, 0.29) is 0 Å². The summed E-state index contributed by atoms with van der Waals surface area (Å²) in [7, 11) is 0. The molecule has 12 heavy (non-hydrogen) atoms. The maximum absolute atomic E-state index is 8.24. The highest BCUT2D eigenvalue weighted by atomic mass is 17.1. The molecule has 0 saturated carbocycles. The van der Waals surface area contributed by atoms with E-state index in [1.807, 2.05) is 0 Å². The molecule has 0 heterocycles. The molecule has 2 nitrogen and oxygen atoms in total. The van der Waals surface area contributed by atoms with E-state index in [4.69, 9.17) is 5.26 Å². The number of allylic oxidation sites excluding steroid dienone is 3. The fourth-order valence-corrected chi connectivity index (χ4v) is 1.33. The van der Waals surface area contributed by atoms with Crippen LogP contribution in [0, 0.1) is 11.8 Å². The summed E-state index contributed by atoms with van der Waals surface area (Å²) in [6.45, 7) is 4.76. The third-order valence-corrected chi connectivity index (χ3v) is 2.17. The predicted octanol–water partition coefficient (Wildman–Crippen LogP) is 2.63. The number of hydrogen-bond acceptors (Lipinski definition) is 2. The highest BCUT2D eigenvalue weighted by molar-refractivity contribution is 5.25. The second kappa shape index (κ2) is 4.43. The first kappa shape index (κ1) is 9.49. The third-order valence-electron chi connectivity index (χ3n) is 2.17. The Bertz CT molecular complexity index is 192. The molecule has 0 bridgehead atoms. The molecule has 2 heteroatoms. The first-order chi connectivity index (χ1) is 5.74. The molecule has 0 aromatic carbocycles. The van der Waals surface area contributed by atoms with Crippen LogP contribution in [0.25, 0.3) is 0 Å². The van der Waals surface area contributed by atoms with E-state index < -0.39 is 0 Å². The van der Waals surface area contributed by atoms with Gasteiger partial charge in [-0.1, -0.05) is 32.1 Å².